The zero-order valence-electron chi connectivity index (χ0n) is 21.6. The van der Waals surface area contributed by atoms with Crippen molar-refractivity contribution in [3.8, 4) is 0 Å². The summed E-state index contributed by atoms with van der Waals surface area (Å²) in [6.07, 6.45) is 1.13. The Hall–Kier alpha value is -3.65. The molecule has 0 radical (unpaired) electrons. The van der Waals surface area contributed by atoms with Crippen LogP contribution in [0.15, 0.2) is 89.8 Å². The molecule has 0 aromatic heterocycles. The third-order valence-electron chi connectivity index (χ3n) is 6.25. The quantitative estimate of drug-likeness (QED) is 0.390. The van der Waals surface area contributed by atoms with Gasteiger partial charge in [0.15, 0.2) is 0 Å². The lowest BCUT2D eigenvalue weighted by molar-refractivity contribution is -0.138. The lowest BCUT2D eigenvalue weighted by Gasteiger charge is -2.32. The van der Waals surface area contributed by atoms with Gasteiger partial charge in [0.2, 0.25) is 11.8 Å². The highest BCUT2D eigenvalue weighted by Crippen LogP contribution is 2.28. The van der Waals surface area contributed by atoms with Crippen molar-refractivity contribution >= 4 is 27.5 Å². The number of amides is 2. The largest absolute Gasteiger partial charge is 0.355 e. The number of carbonyl (C=O) groups excluding carboxylic acids is 2. The summed E-state index contributed by atoms with van der Waals surface area (Å²) >= 11 is 0. The fraction of sp³-hybridized carbons (Fsp3) is 0.310. The molecule has 7 nitrogen and oxygen atoms in total. The van der Waals surface area contributed by atoms with Crippen LogP contribution in [0.2, 0.25) is 0 Å². The summed E-state index contributed by atoms with van der Waals surface area (Å²) in [5.74, 6) is -0.726. The third kappa shape index (κ3) is 6.98. The topological polar surface area (TPSA) is 86.8 Å². The Labute approximate surface area is 220 Å². The van der Waals surface area contributed by atoms with Crippen LogP contribution < -0.4 is 9.62 Å². The molecule has 1 atom stereocenters. The van der Waals surface area contributed by atoms with Crippen molar-refractivity contribution in [3.63, 3.8) is 0 Å². The van der Waals surface area contributed by atoms with Crippen molar-refractivity contribution in [2.75, 3.05) is 23.9 Å². The zero-order valence-corrected chi connectivity index (χ0v) is 22.4. The van der Waals surface area contributed by atoms with Crippen molar-refractivity contribution in [3.05, 3.63) is 96.1 Å². The number of rotatable bonds is 12. The van der Waals surface area contributed by atoms with E-state index in [1.807, 2.05) is 56.3 Å². The van der Waals surface area contributed by atoms with Crippen LogP contribution in [0.25, 0.3) is 0 Å². The zero-order chi connectivity index (χ0) is 26.8. The Balaban J connectivity index is 2.00. The maximum atomic E-state index is 13.8. The summed E-state index contributed by atoms with van der Waals surface area (Å²) in [7, 11) is -4.05. The standard InChI is InChI=1S/C29H35N3O4S/c1-4-25-16-12-13-19-27(25)32(37(35,36)26-17-10-7-11-18-26)22-28(33)31(23(3)29(34)30-5-2)21-20-24-14-8-6-9-15-24/h6-19,23H,4-5,20-22H2,1-3H3,(H,30,34). The molecule has 8 heteroatoms. The smallest absolute Gasteiger partial charge is 0.264 e. The van der Waals surface area contributed by atoms with E-state index in [1.54, 1.807) is 37.3 Å². The van der Waals surface area contributed by atoms with Crippen molar-refractivity contribution in [2.24, 2.45) is 0 Å². The maximum Gasteiger partial charge on any atom is 0.264 e. The summed E-state index contributed by atoms with van der Waals surface area (Å²) in [6.45, 7) is 5.71. The Morgan fingerprint density at radius 3 is 2.08 bits per heavy atom. The van der Waals surface area contributed by atoms with E-state index in [4.69, 9.17) is 0 Å². The Morgan fingerprint density at radius 2 is 1.46 bits per heavy atom. The van der Waals surface area contributed by atoms with Crippen LogP contribution in [-0.4, -0.2) is 50.8 Å². The minimum absolute atomic E-state index is 0.0984. The summed E-state index contributed by atoms with van der Waals surface area (Å²) < 4.78 is 28.8. The molecular weight excluding hydrogens is 486 g/mol. The van der Waals surface area contributed by atoms with Gasteiger partial charge in [-0.05, 0) is 56.0 Å². The van der Waals surface area contributed by atoms with Gasteiger partial charge in [0, 0.05) is 13.1 Å². The molecule has 0 bridgehead atoms. The number of nitrogens with one attached hydrogen (secondary N) is 1. The fourth-order valence-electron chi connectivity index (χ4n) is 4.18. The van der Waals surface area contributed by atoms with Gasteiger partial charge < -0.3 is 10.2 Å². The Morgan fingerprint density at radius 1 is 0.865 bits per heavy atom. The highest BCUT2D eigenvalue weighted by atomic mass is 32.2. The van der Waals surface area contributed by atoms with Crippen LogP contribution in [0.4, 0.5) is 5.69 Å². The van der Waals surface area contributed by atoms with Crippen molar-refractivity contribution in [2.45, 2.75) is 44.6 Å². The second kappa shape index (κ2) is 13.1. The van der Waals surface area contributed by atoms with Crippen LogP contribution in [-0.2, 0) is 32.5 Å². The minimum Gasteiger partial charge on any atom is -0.355 e. The number of likely N-dealkylation sites (N-methyl/N-ethyl adjacent to an activating group) is 1. The van der Waals surface area contributed by atoms with E-state index in [0.29, 0.717) is 25.1 Å². The number of hydrogen-bond donors (Lipinski definition) is 1. The average Bonchev–Trinajstić information content (AvgIpc) is 2.92. The van der Waals surface area contributed by atoms with Gasteiger partial charge >= 0.3 is 0 Å². The van der Waals surface area contributed by atoms with Crippen LogP contribution in [0.1, 0.15) is 31.9 Å². The first kappa shape index (κ1) is 27.9. The molecule has 0 heterocycles. The molecule has 0 aliphatic heterocycles. The van der Waals surface area contributed by atoms with Gasteiger partial charge in [-0.25, -0.2) is 8.42 Å². The molecule has 196 valence electrons. The van der Waals surface area contributed by atoms with Gasteiger partial charge in [-0.2, -0.15) is 0 Å². The normalized spacial score (nSPS) is 12.0. The highest BCUT2D eigenvalue weighted by Gasteiger charge is 2.32. The van der Waals surface area contributed by atoms with Crippen molar-refractivity contribution < 1.29 is 18.0 Å². The first-order valence-corrected chi connectivity index (χ1v) is 14.0. The molecule has 0 saturated heterocycles. The molecule has 3 aromatic rings. The van der Waals surface area contributed by atoms with E-state index >= 15 is 0 Å². The van der Waals surface area contributed by atoms with Crippen LogP contribution in [0, 0.1) is 0 Å². The molecule has 1 unspecified atom stereocenters. The van der Waals surface area contributed by atoms with Gasteiger partial charge in [-0.1, -0.05) is 73.7 Å². The van der Waals surface area contributed by atoms with E-state index in [1.165, 1.54) is 21.3 Å². The fourth-order valence-corrected chi connectivity index (χ4v) is 5.65. The maximum absolute atomic E-state index is 13.8. The lowest BCUT2D eigenvalue weighted by Crippen LogP contribution is -2.52. The molecule has 3 rings (SSSR count). The van der Waals surface area contributed by atoms with Gasteiger partial charge in [-0.15, -0.1) is 0 Å². The number of anilines is 1. The van der Waals surface area contributed by atoms with Crippen LogP contribution in [0.5, 0.6) is 0 Å². The average molecular weight is 522 g/mol. The second-order valence-corrected chi connectivity index (χ2v) is 10.6. The molecule has 0 fully saturated rings. The predicted molar refractivity (Wildman–Crippen MR) is 147 cm³/mol. The third-order valence-corrected chi connectivity index (χ3v) is 8.03. The first-order chi connectivity index (χ1) is 17.8. The highest BCUT2D eigenvalue weighted by molar-refractivity contribution is 7.92. The second-order valence-electron chi connectivity index (χ2n) is 8.70. The van der Waals surface area contributed by atoms with E-state index < -0.39 is 28.5 Å². The van der Waals surface area contributed by atoms with Crippen LogP contribution >= 0.6 is 0 Å². The number of nitrogens with zero attached hydrogens (tertiary/aromatic N) is 2. The molecule has 0 aliphatic carbocycles. The van der Waals surface area contributed by atoms with E-state index in [-0.39, 0.29) is 17.3 Å². The monoisotopic (exact) mass is 521 g/mol. The van der Waals surface area contributed by atoms with Gasteiger partial charge in [0.1, 0.15) is 12.6 Å². The number of carbonyl (C=O) groups is 2. The predicted octanol–water partition coefficient (Wildman–Crippen LogP) is 4.04. The lowest BCUT2D eigenvalue weighted by atomic mass is 10.1. The number of sulfonamides is 1. The minimum atomic E-state index is -4.05. The Kier molecular flexibility index (Phi) is 9.85. The summed E-state index contributed by atoms with van der Waals surface area (Å²) in [5, 5.41) is 2.77. The first-order valence-electron chi connectivity index (χ1n) is 12.6. The molecule has 37 heavy (non-hydrogen) atoms. The summed E-state index contributed by atoms with van der Waals surface area (Å²) in [4.78, 5) is 28.1. The van der Waals surface area contributed by atoms with Gasteiger partial charge in [-0.3, -0.25) is 13.9 Å². The van der Waals surface area contributed by atoms with E-state index in [9.17, 15) is 18.0 Å². The molecule has 3 aromatic carbocycles. The summed E-state index contributed by atoms with van der Waals surface area (Å²) in [6, 6.07) is 24.2. The number of hydrogen-bond acceptors (Lipinski definition) is 4. The van der Waals surface area contributed by atoms with Gasteiger partial charge in [0.05, 0.1) is 10.6 Å². The number of aryl methyl sites for hydroxylation is 1. The van der Waals surface area contributed by atoms with Crippen LogP contribution in [0.3, 0.4) is 0 Å². The summed E-state index contributed by atoms with van der Waals surface area (Å²) in [5.41, 5.74) is 2.28. The van der Waals surface area contributed by atoms with Crippen molar-refractivity contribution in [1.29, 1.82) is 0 Å². The van der Waals surface area contributed by atoms with Gasteiger partial charge in [0.25, 0.3) is 10.0 Å². The SMILES string of the molecule is CCNC(=O)C(C)N(CCc1ccccc1)C(=O)CN(c1ccccc1CC)S(=O)(=O)c1ccccc1. The molecular formula is C29H35N3O4S. The molecule has 1 N–H and O–H groups in total. The van der Waals surface area contributed by atoms with Crippen molar-refractivity contribution in [1.82, 2.24) is 10.2 Å². The molecule has 0 spiro atoms. The molecule has 2 amide bonds. The van der Waals surface area contributed by atoms with E-state index in [0.717, 1.165) is 11.1 Å². The molecule has 0 saturated carbocycles. The number of benzene rings is 3. The number of para-hydroxylation sites is 1. The Bertz CT molecular complexity index is 1280. The molecule has 0 aliphatic rings. The van der Waals surface area contributed by atoms with E-state index in [2.05, 4.69) is 5.32 Å².